The van der Waals surface area contributed by atoms with Crippen molar-refractivity contribution in [3.8, 4) is 5.75 Å². The molecule has 2 aromatic carbocycles. The van der Waals surface area contributed by atoms with Crippen molar-refractivity contribution in [3.05, 3.63) is 59.7 Å². The number of benzene rings is 2. The number of amides is 1. The fourth-order valence-corrected chi connectivity index (χ4v) is 2.09. The molecule has 126 valence electrons. The monoisotopic (exact) mass is 327 g/mol. The van der Waals surface area contributed by atoms with Crippen LogP contribution in [0.25, 0.3) is 0 Å². The van der Waals surface area contributed by atoms with Crippen LogP contribution < -0.4 is 10.1 Å². The molecular formula is C19H21NO4. The van der Waals surface area contributed by atoms with Gasteiger partial charge >= 0.3 is 5.97 Å². The van der Waals surface area contributed by atoms with Gasteiger partial charge in [-0.1, -0.05) is 17.7 Å². The maximum Gasteiger partial charge on any atom is 0.337 e. The Balaban J connectivity index is 1.71. The molecule has 0 atom stereocenters. The molecule has 2 rings (SSSR count). The summed E-state index contributed by atoms with van der Waals surface area (Å²) in [4.78, 5) is 23.2. The minimum Gasteiger partial charge on any atom is -0.494 e. The number of nitrogens with one attached hydrogen (secondary N) is 1. The van der Waals surface area contributed by atoms with Crippen molar-refractivity contribution in [3.63, 3.8) is 0 Å². The highest BCUT2D eigenvalue weighted by atomic mass is 16.5. The highest BCUT2D eigenvalue weighted by molar-refractivity contribution is 5.93. The maximum atomic E-state index is 11.9. The molecule has 0 saturated carbocycles. The van der Waals surface area contributed by atoms with Gasteiger partial charge in [-0.05, 0) is 49.7 Å². The number of aryl methyl sites for hydroxylation is 1. The molecule has 0 unspecified atom stereocenters. The number of anilines is 1. The van der Waals surface area contributed by atoms with Crippen LogP contribution in [0.4, 0.5) is 5.69 Å². The van der Waals surface area contributed by atoms with Gasteiger partial charge < -0.3 is 14.8 Å². The molecule has 24 heavy (non-hydrogen) atoms. The molecular weight excluding hydrogens is 306 g/mol. The van der Waals surface area contributed by atoms with Gasteiger partial charge in [-0.3, -0.25) is 4.79 Å². The first-order chi connectivity index (χ1) is 11.6. The molecule has 0 radical (unpaired) electrons. The summed E-state index contributed by atoms with van der Waals surface area (Å²) < 4.78 is 10.2. The van der Waals surface area contributed by atoms with E-state index in [2.05, 4.69) is 10.1 Å². The Labute approximate surface area is 141 Å². The van der Waals surface area contributed by atoms with E-state index in [9.17, 15) is 9.59 Å². The van der Waals surface area contributed by atoms with E-state index in [0.717, 1.165) is 5.75 Å². The fourth-order valence-electron chi connectivity index (χ4n) is 2.09. The first-order valence-corrected chi connectivity index (χ1v) is 7.76. The SMILES string of the molecule is COC(=O)c1ccc(NC(=O)CCCOc2ccc(C)cc2)cc1. The number of hydrogen-bond donors (Lipinski definition) is 1. The number of carbonyl (C=O) groups excluding carboxylic acids is 2. The first kappa shape index (κ1) is 17.5. The van der Waals surface area contributed by atoms with Crippen molar-refractivity contribution in [2.24, 2.45) is 0 Å². The van der Waals surface area contributed by atoms with Crippen LogP contribution in [0.1, 0.15) is 28.8 Å². The van der Waals surface area contributed by atoms with Crippen LogP contribution in [-0.2, 0) is 9.53 Å². The van der Waals surface area contributed by atoms with Gasteiger partial charge in [0.1, 0.15) is 5.75 Å². The molecule has 0 aliphatic carbocycles. The zero-order valence-corrected chi connectivity index (χ0v) is 13.9. The number of ether oxygens (including phenoxy) is 2. The molecule has 0 aliphatic rings. The molecule has 2 aromatic rings. The third-order valence-electron chi connectivity index (χ3n) is 3.43. The third-order valence-corrected chi connectivity index (χ3v) is 3.43. The Kier molecular flexibility index (Phi) is 6.37. The fraction of sp³-hybridized carbons (Fsp3) is 0.263. The van der Waals surface area contributed by atoms with Crippen LogP contribution >= 0.6 is 0 Å². The van der Waals surface area contributed by atoms with E-state index in [1.165, 1.54) is 12.7 Å². The van der Waals surface area contributed by atoms with E-state index >= 15 is 0 Å². The van der Waals surface area contributed by atoms with Gasteiger partial charge in [-0.25, -0.2) is 4.79 Å². The van der Waals surface area contributed by atoms with Gasteiger partial charge in [0, 0.05) is 12.1 Å². The van der Waals surface area contributed by atoms with E-state index in [1.54, 1.807) is 24.3 Å². The van der Waals surface area contributed by atoms with Gasteiger partial charge in [-0.2, -0.15) is 0 Å². The second kappa shape index (κ2) is 8.72. The van der Waals surface area contributed by atoms with Crippen LogP contribution in [0.15, 0.2) is 48.5 Å². The Bertz CT molecular complexity index is 678. The highest BCUT2D eigenvalue weighted by Crippen LogP contribution is 2.13. The van der Waals surface area contributed by atoms with E-state index in [1.807, 2.05) is 31.2 Å². The van der Waals surface area contributed by atoms with Gasteiger partial charge in [0.15, 0.2) is 0 Å². The zero-order chi connectivity index (χ0) is 17.4. The first-order valence-electron chi connectivity index (χ1n) is 7.76. The molecule has 0 aromatic heterocycles. The predicted octanol–water partition coefficient (Wildman–Crippen LogP) is 3.58. The summed E-state index contributed by atoms with van der Waals surface area (Å²) in [5.74, 6) is 0.314. The molecule has 0 spiro atoms. The molecule has 0 fully saturated rings. The second-order valence-electron chi connectivity index (χ2n) is 5.38. The van der Waals surface area contributed by atoms with E-state index < -0.39 is 5.97 Å². The van der Waals surface area contributed by atoms with E-state index in [0.29, 0.717) is 30.7 Å². The third kappa shape index (κ3) is 5.43. The van der Waals surface area contributed by atoms with Crippen LogP contribution in [0.5, 0.6) is 5.75 Å². The molecule has 1 amide bonds. The molecule has 0 heterocycles. The van der Waals surface area contributed by atoms with Crippen LogP contribution in [-0.4, -0.2) is 25.6 Å². The van der Waals surface area contributed by atoms with Gasteiger partial charge in [-0.15, -0.1) is 0 Å². The minimum absolute atomic E-state index is 0.0895. The van der Waals surface area contributed by atoms with E-state index in [4.69, 9.17) is 4.74 Å². The van der Waals surface area contributed by atoms with Crippen LogP contribution in [0, 0.1) is 6.92 Å². The Morgan fingerprint density at radius 1 is 1.00 bits per heavy atom. The summed E-state index contributed by atoms with van der Waals surface area (Å²) in [5.41, 5.74) is 2.27. The zero-order valence-electron chi connectivity index (χ0n) is 13.9. The van der Waals surface area contributed by atoms with Crippen LogP contribution in [0.2, 0.25) is 0 Å². The molecule has 0 saturated heterocycles. The number of rotatable bonds is 7. The second-order valence-corrected chi connectivity index (χ2v) is 5.38. The standard InChI is InChI=1S/C19H21NO4/c1-14-5-11-17(12-6-14)24-13-3-4-18(21)20-16-9-7-15(8-10-16)19(22)23-2/h5-12H,3-4,13H2,1-2H3,(H,20,21). The van der Waals surface area contributed by atoms with Crippen molar-refractivity contribution in [1.29, 1.82) is 0 Å². The largest absolute Gasteiger partial charge is 0.494 e. The lowest BCUT2D eigenvalue weighted by Gasteiger charge is -2.08. The molecule has 5 nitrogen and oxygen atoms in total. The summed E-state index contributed by atoms with van der Waals surface area (Å²) in [6, 6.07) is 14.4. The Hall–Kier alpha value is -2.82. The quantitative estimate of drug-likeness (QED) is 0.623. The van der Waals surface area contributed by atoms with Crippen molar-refractivity contribution in [1.82, 2.24) is 0 Å². The number of esters is 1. The normalized spacial score (nSPS) is 10.1. The van der Waals surface area contributed by atoms with Crippen molar-refractivity contribution >= 4 is 17.6 Å². The summed E-state index contributed by atoms with van der Waals surface area (Å²) in [6.45, 7) is 2.50. The van der Waals surface area contributed by atoms with Crippen molar-refractivity contribution in [2.75, 3.05) is 19.0 Å². The van der Waals surface area contributed by atoms with Crippen molar-refractivity contribution < 1.29 is 19.1 Å². The van der Waals surface area contributed by atoms with Crippen LogP contribution in [0.3, 0.4) is 0 Å². The summed E-state index contributed by atoms with van der Waals surface area (Å²) in [6.07, 6.45) is 0.991. The predicted molar refractivity (Wildman–Crippen MR) is 92.3 cm³/mol. The number of carbonyl (C=O) groups is 2. The minimum atomic E-state index is -0.402. The lowest BCUT2D eigenvalue weighted by Crippen LogP contribution is -2.13. The average Bonchev–Trinajstić information content (AvgIpc) is 2.60. The van der Waals surface area contributed by atoms with Gasteiger partial charge in [0.05, 0.1) is 19.3 Å². The summed E-state index contributed by atoms with van der Waals surface area (Å²) >= 11 is 0. The van der Waals surface area contributed by atoms with E-state index in [-0.39, 0.29) is 5.91 Å². The Morgan fingerprint density at radius 3 is 2.29 bits per heavy atom. The Morgan fingerprint density at radius 2 is 1.67 bits per heavy atom. The summed E-state index contributed by atoms with van der Waals surface area (Å²) in [7, 11) is 1.33. The highest BCUT2D eigenvalue weighted by Gasteiger charge is 2.06. The average molecular weight is 327 g/mol. The topological polar surface area (TPSA) is 64.6 Å². The number of methoxy groups -OCH3 is 1. The molecule has 0 aliphatic heterocycles. The maximum absolute atomic E-state index is 11.9. The molecule has 5 heteroatoms. The smallest absolute Gasteiger partial charge is 0.337 e. The lowest BCUT2D eigenvalue weighted by atomic mass is 10.2. The van der Waals surface area contributed by atoms with Gasteiger partial charge in [0.2, 0.25) is 5.91 Å². The van der Waals surface area contributed by atoms with Gasteiger partial charge in [0.25, 0.3) is 0 Å². The molecule has 0 bridgehead atoms. The lowest BCUT2D eigenvalue weighted by molar-refractivity contribution is -0.116. The number of hydrogen-bond acceptors (Lipinski definition) is 4. The van der Waals surface area contributed by atoms with Crippen molar-refractivity contribution in [2.45, 2.75) is 19.8 Å². The molecule has 1 N–H and O–H groups in total. The summed E-state index contributed by atoms with van der Waals surface area (Å²) in [5, 5.41) is 2.79.